The summed E-state index contributed by atoms with van der Waals surface area (Å²) in [6.45, 7) is 0. The smallest absolute Gasteiger partial charge is 0.227 e. The second-order valence-electron chi connectivity index (χ2n) is 5.12. The molecule has 0 bridgehead atoms. The predicted molar refractivity (Wildman–Crippen MR) is 68.8 cm³/mol. The molecule has 90 valence electrons. The van der Waals surface area contributed by atoms with Crippen molar-refractivity contribution < 1.29 is 4.79 Å². The Morgan fingerprint density at radius 3 is 2.65 bits per heavy atom. The van der Waals surface area contributed by atoms with Crippen molar-refractivity contribution in [1.29, 1.82) is 0 Å². The lowest BCUT2D eigenvalue weighted by molar-refractivity contribution is -0.120. The highest BCUT2D eigenvalue weighted by atomic mass is 35.5. The molecule has 4 heteroatoms. The van der Waals surface area contributed by atoms with Crippen molar-refractivity contribution >= 4 is 28.9 Å². The van der Waals surface area contributed by atoms with Crippen molar-refractivity contribution in [2.45, 2.75) is 19.3 Å². The third-order valence-corrected chi connectivity index (χ3v) is 4.22. The van der Waals surface area contributed by atoms with Crippen molar-refractivity contribution in [3.8, 4) is 0 Å². The molecule has 0 heterocycles. The number of para-hydroxylation sites is 1. The SMILES string of the molecule is Nc1cccc(Cl)c1NC(=O)C1CC2CC2C1. The van der Waals surface area contributed by atoms with Crippen LogP contribution >= 0.6 is 11.6 Å². The number of carbonyl (C=O) groups excluding carboxylic acids is 1. The predicted octanol–water partition coefficient (Wildman–Crippen LogP) is 2.91. The van der Waals surface area contributed by atoms with Crippen LogP contribution in [0.25, 0.3) is 0 Å². The molecule has 17 heavy (non-hydrogen) atoms. The number of nitrogens with one attached hydrogen (secondary N) is 1. The van der Waals surface area contributed by atoms with Gasteiger partial charge in [0.2, 0.25) is 5.91 Å². The van der Waals surface area contributed by atoms with Crippen LogP contribution in [0.15, 0.2) is 18.2 Å². The summed E-state index contributed by atoms with van der Waals surface area (Å²) in [6.07, 6.45) is 3.37. The van der Waals surface area contributed by atoms with E-state index in [0.717, 1.165) is 24.7 Å². The van der Waals surface area contributed by atoms with Crippen molar-refractivity contribution in [2.75, 3.05) is 11.1 Å². The lowest BCUT2D eigenvalue weighted by Gasteiger charge is -2.14. The minimum Gasteiger partial charge on any atom is -0.397 e. The fourth-order valence-electron chi connectivity index (χ4n) is 2.83. The van der Waals surface area contributed by atoms with Crippen molar-refractivity contribution in [3.63, 3.8) is 0 Å². The first kappa shape index (κ1) is 10.9. The topological polar surface area (TPSA) is 55.1 Å². The molecule has 2 aliphatic carbocycles. The molecule has 2 aliphatic rings. The third kappa shape index (κ3) is 2.00. The molecule has 2 fully saturated rings. The minimum absolute atomic E-state index is 0.0667. The quantitative estimate of drug-likeness (QED) is 0.793. The van der Waals surface area contributed by atoms with E-state index < -0.39 is 0 Å². The minimum atomic E-state index is 0.0667. The Labute approximate surface area is 105 Å². The van der Waals surface area contributed by atoms with Gasteiger partial charge in [-0.05, 0) is 43.2 Å². The number of nitrogens with two attached hydrogens (primary N) is 1. The molecule has 0 radical (unpaired) electrons. The summed E-state index contributed by atoms with van der Waals surface area (Å²) in [7, 11) is 0. The summed E-state index contributed by atoms with van der Waals surface area (Å²) in [4.78, 5) is 12.1. The van der Waals surface area contributed by atoms with E-state index in [4.69, 9.17) is 17.3 Å². The number of carbonyl (C=O) groups is 1. The monoisotopic (exact) mass is 250 g/mol. The molecule has 1 aromatic rings. The fraction of sp³-hybridized carbons (Fsp3) is 0.462. The number of benzene rings is 1. The first-order chi connectivity index (χ1) is 8.15. The summed E-state index contributed by atoms with van der Waals surface area (Å²) in [5, 5.41) is 3.37. The lowest BCUT2D eigenvalue weighted by Crippen LogP contribution is -2.22. The van der Waals surface area contributed by atoms with Gasteiger partial charge in [0.05, 0.1) is 16.4 Å². The molecule has 3 rings (SSSR count). The maximum Gasteiger partial charge on any atom is 0.227 e. The summed E-state index contributed by atoms with van der Waals surface area (Å²) < 4.78 is 0. The zero-order chi connectivity index (χ0) is 12.0. The van der Waals surface area contributed by atoms with Gasteiger partial charge in [0.15, 0.2) is 0 Å². The molecule has 3 N–H and O–H groups in total. The van der Waals surface area contributed by atoms with Gasteiger partial charge in [-0.15, -0.1) is 0 Å². The van der Waals surface area contributed by atoms with Gasteiger partial charge >= 0.3 is 0 Å². The van der Waals surface area contributed by atoms with Gasteiger partial charge in [-0.2, -0.15) is 0 Å². The zero-order valence-electron chi connectivity index (χ0n) is 9.45. The van der Waals surface area contributed by atoms with Crippen LogP contribution < -0.4 is 11.1 Å². The zero-order valence-corrected chi connectivity index (χ0v) is 10.2. The Bertz CT molecular complexity index is 444. The van der Waals surface area contributed by atoms with Crippen LogP contribution in [-0.4, -0.2) is 5.91 Å². The maximum absolute atomic E-state index is 12.1. The number of halogens is 1. The Morgan fingerprint density at radius 1 is 1.29 bits per heavy atom. The van der Waals surface area contributed by atoms with Gasteiger partial charge in [0, 0.05) is 5.92 Å². The van der Waals surface area contributed by atoms with Crippen LogP contribution in [-0.2, 0) is 4.79 Å². The largest absolute Gasteiger partial charge is 0.397 e. The number of fused-ring (bicyclic) bond motifs is 1. The number of hydrogen-bond donors (Lipinski definition) is 2. The summed E-state index contributed by atoms with van der Waals surface area (Å²) in [6, 6.07) is 5.26. The first-order valence-electron chi connectivity index (χ1n) is 6.00. The van der Waals surface area contributed by atoms with Crippen LogP contribution in [0.3, 0.4) is 0 Å². The standard InChI is InChI=1S/C13H15ClN2O/c14-10-2-1-3-11(15)12(10)16-13(17)9-5-7-4-8(7)6-9/h1-3,7-9H,4-6,15H2,(H,16,17). The molecule has 1 aromatic carbocycles. The number of hydrogen-bond acceptors (Lipinski definition) is 2. The van der Waals surface area contributed by atoms with Crippen LogP contribution in [0.2, 0.25) is 5.02 Å². The van der Waals surface area contributed by atoms with Crippen LogP contribution in [0, 0.1) is 17.8 Å². The first-order valence-corrected chi connectivity index (χ1v) is 6.38. The highest BCUT2D eigenvalue weighted by Crippen LogP contribution is 2.54. The maximum atomic E-state index is 12.1. The molecule has 0 aromatic heterocycles. The van der Waals surface area contributed by atoms with Gasteiger partial charge in [-0.1, -0.05) is 17.7 Å². The molecular weight excluding hydrogens is 236 g/mol. The lowest BCUT2D eigenvalue weighted by atomic mass is 10.0. The Hall–Kier alpha value is -1.22. The average Bonchev–Trinajstić information content (AvgIpc) is 2.91. The molecule has 0 saturated heterocycles. The normalized spacial score (nSPS) is 29.8. The molecule has 2 unspecified atom stereocenters. The second-order valence-corrected chi connectivity index (χ2v) is 5.52. The number of nitrogen functional groups attached to an aromatic ring is 1. The molecule has 2 atom stereocenters. The Morgan fingerprint density at radius 2 is 2.00 bits per heavy atom. The van der Waals surface area contributed by atoms with E-state index in [1.165, 1.54) is 6.42 Å². The Balaban J connectivity index is 1.72. The highest BCUT2D eigenvalue weighted by Gasteiger charge is 2.48. The van der Waals surface area contributed by atoms with Gasteiger partial charge < -0.3 is 11.1 Å². The van der Waals surface area contributed by atoms with E-state index >= 15 is 0 Å². The van der Waals surface area contributed by atoms with Crippen LogP contribution in [0.5, 0.6) is 0 Å². The van der Waals surface area contributed by atoms with Crippen molar-refractivity contribution in [2.24, 2.45) is 17.8 Å². The van der Waals surface area contributed by atoms with E-state index in [1.807, 2.05) is 0 Å². The van der Waals surface area contributed by atoms with Crippen LogP contribution in [0.1, 0.15) is 19.3 Å². The van der Waals surface area contributed by atoms with Gasteiger partial charge in [0.1, 0.15) is 0 Å². The number of anilines is 2. The fourth-order valence-corrected chi connectivity index (χ4v) is 3.06. The molecule has 3 nitrogen and oxygen atoms in total. The third-order valence-electron chi connectivity index (χ3n) is 3.91. The van der Waals surface area contributed by atoms with E-state index in [9.17, 15) is 4.79 Å². The number of amides is 1. The summed E-state index contributed by atoms with van der Waals surface area (Å²) in [5.74, 6) is 1.81. The van der Waals surface area contributed by atoms with E-state index in [2.05, 4.69) is 5.32 Å². The van der Waals surface area contributed by atoms with Crippen molar-refractivity contribution in [3.05, 3.63) is 23.2 Å². The van der Waals surface area contributed by atoms with E-state index in [-0.39, 0.29) is 11.8 Å². The summed E-state index contributed by atoms with van der Waals surface area (Å²) in [5.41, 5.74) is 6.88. The molecular formula is C13H15ClN2O. The van der Waals surface area contributed by atoms with E-state index in [0.29, 0.717) is 16.4 Å². The number of rotatable bonds is 2. The van der Waals surface area contributed by atoms with E-state index in [1.54, 1.807) is 18.2 Å². The highest BCUT2D eigenvalue weighted by molar-refractivity contribution is 6.34. The summed E-state index contributed by atoms with van der Waals surface area (Å²) >= 11 is 6.02. The second kappa shape index (κ2) is 3.91. The van der Waals surface area contributed by atoms with Crippen LogP contribution in [0.4, 0.5) is 11.4 Å². The molecule has 1 amide bonds. The van der Waals surface area contributed by atoms with Gasteiger partial charge in [-0.3, -0.25) is 4.79 Å². The van der Waals surface area contributed by atoms with Gasteiger partial charge in [0.25, 0.3) is 0 Å². The average molecular weight is 251 g/mol. The molecule has 0 spiro atoms. The molecule has 2 saturated carbocycles. The van der Waals surface area contributed by atoms with Gasteiger partial charge in [-0.25, -0.2) is 0 Å². The molecule has 0 aliphatic heterocycles. The Kier molecular flexibility index (Phi) is 2.51. The van der Waals surface area contributed by atoms with Crippen molar-refractivity contribution in [1.82, 2.24) is 0 Å².